The average Bonchev–Trinajstić information content (AvgIpc) is 3.10. The molecule has 2 N–H and O–H groups in total. The summed E-state index contributed by atoms with van der Waals surface area (Å²) in [6.45, 7) is 0. The van der Waals surface area contributed by atoms with Crippen molar-refractivity contribution in [1.29, 1.82) is 0 Å². The van der Waals surface area contributed by atoms with Gasteiger partial charge in [0.25, 0.3) is 5.19 Å². The van der Waals surface area contributed by atoms with Gasteiger partial charge in [0.15, 0.2) is 5.13 Å². The van der Waals surface area contributed by atoms with Crippen LogP contribution in [-0.4, -0.2) is 28.8 Å². The number of carbonyl (C=O) groups excluding carboxylic acids is 1. The van der Waals surface area contributed by atoms with Gasteiger partial charge in [0.05, 0.1) is 10.2 Å². The molecule has 0 aliphatic carbocycles. The highest BCUT2D eigenvalue weighted by Gasteiger charge is 2.22. The summed E-state index contributed by atoms with van der Waals surface area (Å²) in [7, 11) is 1.33. The third-order valence-corrected chi connectivity index (χ3v) is 4.18. The van der Waals surface area contributed by atoms with Gasteiger partial charge in [-0.1, -0.05) is 28.6 Å². The van der Waals surface area contributed by atoms with E-state index in [0.29, 0.717) is 10.8 Å². The lowest BCUT2D eigenvalue weighted by Crippen LogP contribution is -2.22. The number of thiazole rings is 2. The Balaban J connectivity index is 1.86. The van der Waals surface area contributed by atoms with Gasteiger partial charge >= 0.3 is 5.97 Å². The number of aromatic nitrogens is 2. The van der Waals surface area contributed by atoms with Crippen molar-refractivity contribution in [3.8, 4) is 5.19 Å². The molecular formula is C13H10N4O3S2. The summed E-state index contributed by atoms with van der Waals surface area (Å²) in [4.78, 5) is 25.2. The first kappa shape index (κ1) is 14.4. The second-order valence-electron chi connectivity index (χ2n) is 4.03. The molecule has 7 nitrogen and oxygen atoms in total. The summed E-state index contributed by atoms with van der Waals surface area (Å²) in [5, 5.41) is 5.83. The monoisotopic (exact) mass is 334 g/mol. The molecule has 9 heteroatoms. The minimum atomic E-state index is -0.703. The number of rotatable bonds is 4. The van der Waals surface area contributed by atoms with E-state index < -0.39 is 5.97 Å². The number of nitrogens with two attached hydrogens (primary N) is 1. The normalized spacial score (nSPS) is 11.6. The van der Waals surface area contributed by atoms with Crippen LogP contribution in [0.1, 0.15) is 5.69 Å². The van der Waals surface area contributed by atoms with E-state index in [1.807, 2.05) is 24.3 Å². The predicted molar refractivity (Wildman–Crippen MR) is 85.3 cm³/mol. The van der Waals surface area contributed by atoms with E-state index in [-0.39, 0.29) is 10.9 Å². The first-order chi connectivity index (χ1) is 10.7. The third kappa shape index (κ3) is 2.90. The van der Waals surface area contributed by atoms with Crippen LogP contribution in [0.4, 0.5) is 5.13 Å². The SMILES string of the molecule is CO/N=C(/C(=O)Oc1nc2ccccc2s1)c1csc(N)n1. The number of benzene rings is 1. The molecule has 0 unspecified atom stereocenters. The number of nitrogen functional groups attached to an aromatic ring is 1. The maximum atomic E-state index is 12.2. The van der Waals surface area contributed by atoms with Crippen molar-refractivity contribution < 1.29 is 14.4 Å². The molecular weight excluding hydrogens is 324 g/mol. The fourth-order valence-electron chi connectivity index (χ4n) is 1.70. The summed E-state index contributed by atoms with van der Waals surface area (Å²) in [5.41, 5.74) is 6.57. The van der Waals surface area contributed by atoms with Crippen LogP contribution >= 0.6 is 22.7 Å². The number of hydrogen-bond acceptors (Lipinski definition) is 9. The number of fused-ring (bicyclic) bond motifs is 1. The zero-order valence-electron chi connectivity index (χ0n) is 11.3. The van der Waals surface area contributed by atoms with Crippen molar-refractivity contribution in [1.82, 2.24) is 9.97 Å². The summed E-state index contributed by atoms with van der Waals surface area (Å²) < 4.78 is 6.18. The van der Waals surface area contributed by atoms with Crippen LogP contribution in [0.25, 0.3) is 10.2 Å². The van der Waals surface area contributed by atoms with Crippen molar-refractivity contribution in [2.45, 2.75) is 0 Å². The van der Waals surface area contributed by atoms with Crippen molar-refractivity contribution in [2.24, 2.45) is 5.16 Å². The van der Waals surface area contributed by atoms with Gasteiger partial charge in [0.2, 0.25) is 5.71 Å². The van der Waals surface area contributed by atoms with Crippen LogP contribution < -0.4 is 10.5 Å². The minimum absolute atomic E-state index is 0.0605. The number of para-hydroxylation sites is 1. The predicted octanol–water partition coefficient (Wildman–Crippen LogP) is 2.29. The van der Waals surface area contributed by atoms with Crippen LogP contribution in [0.15, 0.2) is 34.8 Å². The summed E-state index contributed by atoms with van der Waals surface area (Å²) in [6, 6.07) is 7.50. The van der Waals surface area contributed by atoms with Crippen LogP contribution in [0.3, 0.4) is 0 Å². The van der Waals surface area contributed by atoms with E-state index in [1.54, 1.807) is 5.38 Å². The Hall–Kier alpha value is -2.52. The van der Waals surface area contributed by atoms with Gasteiger partial charge in [-0.25, -0.2) is 14.8 Å². The van der Waals surface area contributed by atoms with Crippen molar-refractivity contribution in [2.75, 3.05) is 12.8 Å². The number of esters is 1. The molecule has 0 amide bonds. The molecule has 0 atom stereocenters. The third-order valence-electron chi connectivity index (χ3n) is 2.59. The van der Waals surface area contributed by atoms with Crippen LogP contribution in [0.2, 0.25) is 0 Å². The van der Waals surface area contributed by atoms with Crippen LogP contribution in [0, 0.1) is 0 Å². The molecule has 0 saturated heterocycles. The molecule has 0 radical (unpaired) electrons. The Morgan fingerprint density at radius 2 is 2.14 bits per heavy atom. The fraction of sp³-hybridized carbons (Fsp3) is 0.0769. The number of nitrogens with zero attached hydrogens (tertiary/aromatic N) is 3. The topological polar surface area (TPSA) is 99.7 Å². The Labute approximate surface area is 133 Å². The summed E-state index contributed by atoms with van der Waals surface area (Å²) in [5.74, 6) is -0.703. The van der Waals surface area contributed by atoms with Gasteiger partial charge in [-0.05, 0) is 12.1 Å². The number of carbonyl (C=O) groups is 1. The first-order valence-electron chi connectivity index (χ1n) is 6.07. The highest BCUT2D eigenvalue weighted by Crippen LogP contribution is 2.27. The van der Waals surface area contributed by atoms with Crippen molar-refractivity contribution >= 4 is 49.7 Å². The maximum Gasteiger partial charge on any atom is 0.370 e. The van der Waals surface area contributed by atoms with Gasteiger partial charge in [-0.15, -0.1) is 11.3 Å². The smallest absolute Gasteiger partial charge is 0.370 e. The van der Waals surface area contributed by atoms with Crippen LogP contribution in [0.5, 0.6) is 5.19 Å². The Kier molecular flexibility index (Phi) is 3.98. The Morgan fingerprint density at radius 1 is 1.32 bits per heavy atom. The average molecular weight is 334 g/mol. The molecule has 0 saturated carbocycles. The molecule has 2 heterocycles. The lowest BCUT2D eigenvalue weighted by molar-refractivity contribution is -0.127. The largest absolute Gasteiger partial charge is 0.398 e. The zero-order valence-corrected chi connectivity index (χ0v) is 13.0. The maximum absolute atomic E-state index is 12.2. The van der Waals surface area contributed by atoms with E-state index in [2.05, 4.69) is 20.0 Å². The molecule has 112 valence electrons. The fourth-order valence-corrected chi connectivity index (χ4v) is 3.06. The molecule has 3 aromatic rings. The zero-order chi connectivity index (χ0) is 15.5. The highest BCUT2D eigenvalue weighted by molar-refractivity contribution is 7.20. The van der Waals surface area contributed by atoms with E-state index in [9.17, 15) is 4.79 Å². The highest BCUT2D eigenvalue weighted by atomic mass is 32.1. The first-order valence-corrected chi connectivity index (χ1v) is 7.77. The Bertz CT molecular complexity index is 823. The van der Waals surface area contributed by atoms with Crippen LogP contribution in [-0.2, 0) is 9.63 Å². The second kappa shape index (κ2) is 6.08. The lowest BCUT2D eigenvalue weighted by atomic mass is 10.3. The van der Waals surface area contributed by atoms with Gasteiger partial charge in [0.1, 0.15) is 12.8 Å². The Morgan fingerprint density at radius 3 is 2.82 bits per heavy atom. The van der Waals surface area contributed by atoms with Gasteiger partial charge in [-0.3, -0.25) is 0 Å². The minimum Gasteiger partial charge on any atom is -0.398 e. The number of oxime groups is 1. The van der Waals surface area contributed by atoms with Gasteiger partial charge in [-0.2, -0.15) is 0 Å². The van der Waals surface area contributed by atoms with E-state index in [4.69, 9.17) is 10.5 Å². The quantitative estimate of drug-likeness (QED) is 0.446. The molecule has 1 aromatic carbocycles. The van der Waals surface area contributed by atoms with Crippen molar-refractivity contribution in [3.05, 3.63) is 35.3 Å². The molecule has 0 spiro atoms. The van der Waals surface area contributed by atoms with Crippen molar-refractivity contribution in [3.63, 3.8) is 0 Å². The number of ether oxygens (including phenoxy) is 1. The molecule has 0 aliphatic heterocycles. The molecule has 22 heavy (non-hydrogen) atoms. The number of hydrogen-bond donors (Lipinski definition) is 1. The number of anilines is 1. The molecule has 2 aromatic heterocycles. The summed E-state index contributed by atoms with van der Waals surface area (Å²) in [6.07, 6.45) is 0. The summed E-state index contributed by atoms with van der Waals surface area (Å²) >= 11 is 2.46. The lowest BCUT2D eigenvalue weighted by Gasteiger charge is -2.01. The van der Waals surface area contributed by atoms with E-state index in [1.165, 1.54) is 29.8 Å². The second-order valence-corrected chi connectivity index (χ2v) is 5.91. The standard InChI is InChI=1S/C13H10N4O3S2/c1-19-17-10(8-6-21-12(14)15-8)11(18)20-13-16-7-4-2-3-5-9(7)22-13/h2-6H,1H3,(H2,14,15)/b17-10+. The van der Waals surface area contributed by atoms with Gasteiger partial charge < -0.3 is 15.3 Å². The van der Waals surface area contributed by atoms with Gasteiger partial charge in [0, 0.05) is 5.38 Å². The molecule has 0 fully saturated rings. The van der Waals surface area contributed by atoms with E-state index in [0.717, 1.165) is 10.2 Å². The molecule has 0 bridgehead atoms. The molecule has 3 rings (SSSR count). The van der Waals surface area contributed by atoms with E-state index >= 15 is 0 Å². The molecule has 0 aliphatic rings.